The van der Waals surface area contributed by atoms with E-state index in [2.05, 4.69) is 15.1 Å². The van der Waals surface area contributed by atoms with Crippen molar-refractivity contribution < 1.29 is 14.3 Å². The topological polar surface area (TPSA) is 54.0 Å². The van der Waals surface area contributed by atoms with Gasteiger partial charge in [-0.2, -0.15) is 0 Å². The van der Waals surface area contributed by atoms with E-state index < -0.39 is 0 Å². The SMILES string of the molecule is O=C(C1CCN(C(=S)NCc2ccc3c(c2)OCO3)CC1)N1CCCCCC1. The van der Waals surface area contributed by atoms with Crippen LogP contribution in [0.15, 0.2) is 18.2 Å². The molecule has 28 heavy (non-hydrogen) atoms. The minimum atomic E-state index is 0.158. The smallest absolute Gasteiger partial charge is 0.231 e. The van der Waals surface area contributed by atoms with Crippen LogP contribution in [0.3, 0.4) is 0 Å². The molecule has 1 aromatic carbocycles. The standard InChI is InChI=1S/C21H29N3O3S/c25-20(23-9-3-1-2-4-10-23)17-7-11-24(12-8-17)21(28)22-14-16-5-6-18-19(13-16)27-15-26-18/h5-6,13,17H,1-4,7-12,14-15H2,(H,22,28). The van der Waals surface area contributed by atoms with E-state index in [9.17, 15) is 4.79 Å². The van der Waals surface area contributed by atoms with Gasteiger partial charge in [0.1, 0.15) is 0 Å². The van der Waals surface area contributed by atoms with Crippen molar-refractivity contribution in [3.05, 3.63) is 23.8 Å². The maximum atomic E-state index is 12.8. The molecule has 7 heteroatoms. The molecule has 3 aliphatic rings. The van der Waals surface area contributed by atoms with Crippen molar-refractivity contribution in [2.24, 2.45) is 5.92 Å². The molecule has 0 unspecified atom stereocenters. The molecule has 0 bridgehead atoms. The average Bonchev–Trinajstić information content (AvgIpc) is 3.03. The highest BCUT2D eigenvalue weighted by Gasteiger charge is 2.29. The number of amides is 1. The molecule has 152 valence electrons. The van der Waals surface area contributed by atoms with Crippen LogP contribution in [-0.2, 0) is 11.3 Å². The van der Waals surface area contributed by atoms with Crippen LogP contribution in [0.5, 0.6) is 11.5 Å². The van der Waals surface area contributed by atoms with Gasteiger partial charge in [-0.3, -0.25) is 4.79 Å². The second-order valence-corrected chi connectivity index (χ2v) is 8.23. The van der Waals surface area contributed by atoms with Crippen molar-refractivity contribution in [3.8, 4) is 11.5 Å². The molecule has 0 aromatic heterocycles. The number of rotatable bonds is 3. The number of piperidine rings is 1. The summed E-state index contributed by atoms with van der Waals surface area (Å²) in [7, 11) is 0. The summed E-state index contributed by atoms with van der Waals surface area (Å²) in [6, 6.07) is 5.95. The number of carbonyl (C=O) groups is 1. The molecule has 0 atom stereocenters. The number of fused-ring (bicyclic) bond motifs is 1. The van der Waals surface area contributed by atoms with Gasteiger partial charge in [0, 0.05) is 38.6 Å². The Morgan fingerprint density at radius 3 is 2.46 bits per heavy atom. The van der Waals surface area contributed by atoms with E-state index in [1.807, 2.05) is 18.2 Å². The van der Waals surface area contributed by atoms with E-state index in [1.165, 1.54) is 12.8 Å². The summed E-state index contributed by atoms with van der Waals surface area (Å²) >= 11 is 5.58. The normalized spacial score (nSPS) is 20.0. The van der Waals surface area contributed by atoms with Crippen LogP contribution in [0.25, 0.3) is 0 Å². The molecule has 0 saturated carbocycles. The van der Waals surface area contributed by atoms with Crippen LogP contribution in [0.1, 0.15) is 44.1 Å². The van der Waals surface area contributed by atoms with Gasteiger partial charge in [0.25, 0.3) is 0 Å². The summed E-state index contributed by atoms with van der Waals surface area (Å²) < 4.78 is 10.8. The molecule has 3 aliphatic heterocycles. The van der Waals surface area contributed by atoms with Gasteiger partial charge in [0.15, 0.2) is 16.6 Å². The lowest BCUT2D eigenvalue weighted by Crippen LogP contribution is -2.47. The van der Waals surface area contributed by atoms with E-state index in [4.69, 9.17) is 21.7 Å². The Hall–Kier alpha value is -2.02. The number of nitrogens with one attached hydrogen (secondary N) is 1. The predicted molar refractivity (Wildman–Crippen MR) is 111 cm³/mol. The lowest BCUT2D eigenvalue weighted by Gasteiger charge is -2.35. The summed E-state index contributed by atoms with van der Waals surface area (Å²) in [5, 5.41) is 4.10. The van der Waals surface area contributed by atoms with Gasteiger partial charge in [0.2, 0.25) is 12.7 Å². The Kier molecular flexibility index (Phi) is 6.20. The van der Waals surface area contributed by atoms with Crippen molar-refractivity contribution in [2.75, 3.05) is 33.0 Å². The van der Waals surface area contributed by atoms with Gasteiger partial charge >= 0.3 is 0 Å². The molecule has 0 radical (unpaired) electrons. The Labute approximate surface area is 172 Å². The molecule has 1 aromatic rings. The van der Waals surface area contributed by atoms with Crippen molar-refractivity contribution in [1.82, 2.24) is 15.1 Å². The monoisotopic (exact) mass is 403 g/mol. The third-order valence-electron chi connectivity index (χ3n) is 5.93. The van der Waals surface area contributed by atoms with E-state index in [1.54, 1.807) is 0 Å². The fourth-order valence-corrected chi connectivity index (χ4v) is 4.47. The van der Waals surface area contributed by atoms with Gasteiger partial charge in [0.05, 0.1) is 0 Å². The molecule has 1 N–H and O–H groups in total. The van der Waals surface area contributed by atoms with Gasteiger partial charge in [-0.05, 0) is 55.6 Å². The minimum absolute atomic E-state index is 0.158. The molecule has 2 saturated heterocycles. The quantitative estimate of drug-likeness (QED) is 0.784. The molecule has 0 aliphatic carbocycles. The third kappa shape index (κ3) is 4.51. The Morgan fingerprint density at radius 1 is 1.00 bits per heavy atom. The van der Waals surface area contributed by atoms with Crippen LogP contribution in [-0.4, -0.2) is 53.8 Å². The fourth-order valence-electron chi connectivity index (χ4n) is 4.22. The van der Waals surface area contributed by atoms with Crippen LogP contribution >= 0.6 is 12.2 Å². The third-order valence-corrected chi connectivity index (χ3v) is 6.33. The highest BCUT2D eigenvalue weighted by atomic mass is 32.1. The maximum absolute atomic E-state index is 12.8. The molecule has 3 heterocycles. The zero-order valence-electron chi connectivity index (χ0n) is 16.3. The van der Waals surface area contributed by atoms with E-state index >= 15 is 0 Å². The number of benzene rings is 1. The van der Waals surface area contributed by atoms with Crippen LogP contribution in [0, 0.1) is 5.92 Å². The predicted octanol–water partition coefficient (Wildman–Crippen LogP) is 2.90. The van der Waals surface area contributed by atoms with Gasteiger partial charge in [-0.1, -0.05) is 18.9 Å². The van der Waals surface area contributed by atoms with Gasteiger partial charge in [-0.25, -0.2) is 0 Å². The largest absolute Gasteiger partial charge is 0.454 e. The zero-order valence-corrected chi connectivity index (χ0v) is 17.1. The highest BCUT2D eigenvalue weighted by Crippen LogP contribution is 2.32. The summed E-state index contributed by atoms with van der Waals surface area (Å²) in [6.07, 6.45) is 6.59. The number of likely N-dealkylation sites (tertiary alicyclic amines) is 2. The number of nitrogens with zero attached hydrogens (tertiary/aromatic N) is 2. The van der Waals surface area contributed by atoms with Crippen molar-refractivity contribution in [3.63, 3.8) is 0 Å². The first-order valence-electron chi connectivity index (χ1n) is 10.4. The van der Waals surface area contributed by atoms with Crippen molar-refractivity contribution >= 4 is 23.2 Å². The second kappa shape index (κ2) is 8.99. The lowest BCUT2D eigenvalue weighted by molar-refractivity contribution is -0.136. The summed E-state index contributed by atoms with van der Waals surface area (Å²) in [5.74, 6) is 2.10. The molecule has 1 amide bonds. The van der Waals surface area contributed by atoms with Gasteiger partial charge in [-0.15, -0.1) is 0 Å². The molecule has 4 rings (SSSR count). The fraction of sp³-hybridized carbons (Fsp3) is 0.619. The molecule has 2 fully saturated rings. The lowest BCUT2D eigenvalue weighted by atomic mass is 9.95. The Balaban J connectivity index is 1.23. The minimum Gasteiger partial charge on any atom is -0.454 e. The first-order chi connectivity index (χ1) is 13.7. The van der Waals surface area contributed by atoms with Crippen molar-refractivity contribution in [1.29, 1.82) is 0 Å². The number of hydrogen-bond donors (Lipinski definition) is 1. The van der Waals surface area contributed by atoms with Crippen LogP contribution < -0.4 is 14.8 Å². The first-order valence-corrected chi connectivity index (χ1v) is 10.8. The van der Waals surface area contributed by atoms with Gasteiger partial charge < -0.3 is 24.6 Å². The van der Waals surface area contributed by atoms with E-state index in [0.29, 0.717) is 12.5 Å². The highest BCUT2D eigenvalue weighted by molar-refractivity contribution is 7.80. The summed E-state index contributed by atoms with van der Waals surface area (Å²) in [6.45, 7) is 4.51. The van der Waals surface area contributed by atoms with Crippen LogP contribution in [0.4, 0.5) is 0 Å². The average molecular weight is 404 g/mol. The second-order valence-electron chi connectivity index (χ2n) is 7.85. The Morgan fingerprint density at radius 2 is 1.71 bits per heavy atom. The summed E-state index contributed by atoms with van der Waals surface area (Å²) in [5.41, 5.74) is 1.11. The number of hydrogen-bond acceptors (Lipinski definition) is 4. The summed E-state index contributed by atoms with van der Waals surface area (Å²) in [4.78, 5) is 17.1. The number of ether oxygens (including phenoxy) is 2. The number of thiocarbonyl (C=S) groups is 1. The molecule has 6 nitrogen and oxygen atoms in total. The van der Waals surface area contributed by atoms with E-state index in [-0.39, 0.29) is 12.7 Å². The van der Waals surface area contributed by atoms with E-state index in [0.717, 1.165) is 74.0 Å². The van der Waals surface area contributed by atoms with Crippen molar-refractivity contribution in [2.45, 2.75) is 45.1 Å². The number of carbonyl (C=O) groups excluding carboxylic acids is 1. The van der Waals surface area contributed by atoms with Crippen LogP contribution in [0.2, 0.25) is 0 Å². The molecule has 0 spiro atoms. The molecular formula is C21H29N3O3S. The maximum Gasteiger partial charge on any atom is 0.231 e. The first kappa shape index (κ1) is 19.3. The molecular weight excluding hydrogens is 374 g/mol. The Bertz CT molecular complexity index is 711. The zero-order chi connectivity index (χ0) is 19.3.